The zero-order valence-electron chi connectivity index (χ0n) is 5.58. The number of alkyl halides is 4. The molecule has 11 heavy (non-hydrogen) atoms. The van der Waals surface area contributed by atoms with Crippen LogP contribution in [0.25, 0.3) is 0 Å². The number of fused-ring (bicyclic) bond motifs is 2. The monoisotopic (exact) mass is 166 g/mol. The first-order valence-corrected chi connectivity index (χ1v) is 3.37. The van der Waals surface area contributed by atoms with Crippen LogP contribution < -0.4 is 0 Å². The molecule has 0 amide bonds. The van der Waals surface area contributed by atoms with Crippen molar-refractivity contribution < 1.29 is 17.6 Å². The third-order valence-corrected chi connectivity index (χ3v) is 2.51. The van der Waals surface area contributed by atoms with Crippen molar-refractivity contribution in [3.8, 4) is 0 Å². The van der Waals surface area contributed by atoms with Crippen molar-refractivity contribution in [3.63, 3.8) is 0 Å². The molecule has 0 aliphatic heterocycles. The number of rotatable bonds is 0. The van der Waals surface area contributed by atoms with Gasteiger partial charge in [0.15, 0.2) is 11.3 Å². The number of allylic oxidation sites excluding steroid dienone is 2. The maximum Gasteiger partial charge on any atom is 0.321 e. The quantitative estimate of drug-likeness (QED) is 0.383. The Labute approximate surface area is 60.9 Å². The molecule has 0 aromatic rings. The zero-order valence-corrected chi connectivity index (χ0v) is 5.58. The van der Waals surface area contributed by atoms with E-state index in [1.807, 2.05) is 0 Å². The Kier molecular flexibility index (Phi) is 0.953. The first kappa shape index (κ1) is 7.13. The molecule has 0 saturated heterocycles. The van der Waals surface area contributed by atoms with Gasteiger partial charge < -0.3 is 0 Å². The predicted molar refractivity (Wildman–Crippen MR) is 31.0 cm³/mol. The van der Waals surface area contributed by atoms with Crippen LogP contribution in [-0.4, -0.2) is 17.3 Å². The van der Waals surface area contributed by atoms with E-state index in [0.29, 0.717) is 12.2 Å². The van der Waals surface area contributed by atoms with Gasteiger partial charge in [0.2, 0.25) is 0 Å². The molecule has 2 rings (SSSR count). The van der Waals surface area contributed by atoms with Crippen molar-refractivity contribution in [1.29, 1.82) is 0 Å². The van der Waals surface area contributed by atoms with Crippen LogP contribution in [0, 0.1) is 0 Å². The first-order chi connectivity index (χ1) is 4.91. The molecule has 0 aromatic heterocycles. The molecule has 0 radical (unpaired) electrons. The summed E-state index contributed by atoms with van der Waals surface area (Å²) in [6.07, 6.45) is 0.479. The second-order valence-electron chi connectivity index (χ2n) is 3.13. The van der Waals surface area contributed by atoms with Gasteiger partial charge in [0, 0.05) is 0 Å². The summed E-state index contributed by atoms with van der Waals surface area (Å²) in [6, 6.07) is 0. The highest BCUT2D eigenvalue weighted by atomic mass is 19.3. The summed E-state index contributed by atoms with van der Waals surface area (Å²) < 4.78 is 51.6. The summed E-state index contributed by atoms with van der Waals surface area (Å²) in [5.41, 5.74) is -5.44. The number of hydrogen-bond donors (Lipinski definition) is 0. The van der Waals surface area contributed by atoms with Gasteiger partial charge in [-0.1, -0.05) is 0 Å². The van der Waals surface area contributed by atoms with Gasteiger partial charge in [-0.15, -0.1) is 0 Å². The normalized spacial score (nSPS) is 52.0. The van der Waals surface area contributed by atoms with Gasteiger partial charge in [-0.05, 0) is 25.0 Å². The van der Waals surface area contributed by atoms with Crippen LogP contribution in [0.1, 0.15) is 12.8 Å². The Morgan fingerprint density at radius 2 is 1.18 bits per heavy atom. The lowest BCUT2D eigenvalue weighted by molar-refractivity contribution is -0.141. The zero-order chi connectivity index (χ0) is 8.33. The molecule has 0 N–H and O–H groups in total. The molecule has 0 heterocycles. The molecular weight excluding hydrogens is 160 g/mol. The summed E-state index contributed by atoms with van der Waals surface area (Å²) in [5, 5.41) is 0. The van der Waals surface area contributed by atoms with Crippen molar-refractivity contribution >= 4 is 0 Å². The van der Waals surface area contributed by atoms with E-state index in [2.05, 4.69) is 0 Å². The maximum atomic E-state index is 13.0. The van der Waals surface area contributed by atoms with E-state index in [1.165, 1.54) is 0 Å². The van der Waals surface area contributed by atoms with Crippen molar-refractivity contribution in [1.82, 2.24) is 0 Å². The molecular formula is C7H6F4. The van der Waals surface area contributed by atoms with E-state index in [9.17, 15) is 17.6 Å². The molecule has 62 valence electrons. The highest BCUT2D eigenvalue weighted by Gasteiger charge is 2.74. The average Bonchev–Trinajstić information content (AvgIpc) is 2.19. The van der Waals surface area contributed by atoms with Gasteiger partial charge in [-0.25, -0.2) is 8.78 Å². The fraction of sp³-hybridized carbons (Fsp3) is 0.714. The molecule has 2 atom stereocenters. The minimum absolute atomic E-state index is 0.410. The number of hydrogen-bond acceptors (Lipinski definition) is 0. The fourth-order valence-electron chi connectivity index (χ4n) is 1.66. The molecule has 0 nitrogen and oxygen atoms in total. The van der Waals surface area contributed by atoms with Crippen molar-refractivity contribution in [2.75, 3.05) is 0 Å². The van der Waals surface area contributed by atoms with E-state index in [1.54, 1.807) is 0 Å². The highest BCUT2D eigenvalue weighted by molar-refractivity contribution is 5.35. The molecule has 2 bridgehead atoms. The second kappa shape index (κ2) is 1.47. The summed E-state index contributed by atoms with van der Waals surface area (Å²) >= 11 is 0. The van der Waals surface area contributed by atoms with Crippen molar-refractivity contribution in [2.45, 2.75) is 30.1 Å². The third-order valence-electron chi connectivity index (χ3n) is 2.51. The number of halogens is 4. The Morgan fingerprint density at radius 1 is 0.818 bits per heavy atom. The van der Waals surface area contributed by atoms with Crippen LogP contribution in [0.2, 0.25) is 0 Å². The minimum atomic E-state index is -3.85. The summed E-state index contributed by atoms with van der Waals surface area (Å²) in [5.74, 6) is -3.85. The predicted octanol–water partition coefficient (Wildman–Crippen LogP) is 2.40. The smallest absolute Gasteiger partial charge is 0.232 e. The average molecular weight is 166 g/mol. The SMILES string of the molecule is FC12C=CC(F)(CC1)C2(F)F. The van der Waals surface area contributed by atoms with Gasteiger partial charge in [0.05, 0.1) is 0 Å². The Hall–Kier alpha value is -0.540. The fourth-order valence-corrected chi connectivity index (χ4v) is 1.66. The van der Waals surface area contributed by atoms with Crippen LogP contribution in [0.4, 0.5) is 17.6 Å². The minimum Gasteiger partial charge on any atom is -0.232 e. The van der Waals surface area contributed by atoms with E-state index < -0.39 is 30.1 Å². The summed E-state index contributed by atoms with van der Waals surface area (Å²) in [4.78, 5) is 0. The van der Waals surface area contributed by atoms with Crippen LogP contribution >= 0.6 is 0 Å². The van der Waals surface area contributed by atoms with Crippen LogP contribution in [-0.2, 0) is 0 Å². The molecule has 4 heteroatoms. The Morgan fingerprint density at radius 3 is 1.27 bits per heavy atom. The highest BCUT2D eigenvalue weighted by Crippen LogP contribution is 2.60. The van der Waals surface area contributed by atoms with Crippen molar-refractivity contribution in [2.24, 2.45) is 0 Å². The molecule has 0 spiro atoms. The van der Waals surface area contributed by atoms with E-state index in [0.717, 1.165) is 0 Å². The molecule has 2 unspecified atom stereocenters. The summed E-state index contributed by atoms with van der Waals surface area (Å²) in [7, 11) is 0. The molecule has 2 aliphatic carbocycles. The van der Waals surface area contributed by atoms with E-state index >= 15 is 0 Å². The van der Waals surface area contributed by atoms with E-state index in [-0.39, 0.29) is 0 Å². The topological polar surface area (TPSA) is 0 Å². The van der Waals surface area contributed by atoms with Gasteiger partial charge in [0.1, 0.15) is 0 Å². The molecule has 0 aromatic carbocycles. The first-order valence-electron chi connectivity index (χ1n) is 3.37. The Bertz CT molecular complexity index is 213. The second-order valence-corrected chi connectivity index (χ2v) is 3.13. The lowest BCUT2D eigenvalue weighted by Crippen LogP contribution is -2.44. The molecule has 2 aliphatic rings. The van der Waals surface area contributed by atoms with Crippen LogP contribution in [0.3, 0.4) is 0 Å². The van der Waals surface area contributed by atoms with Crippen molar-refractivity contribution in [3.05, 3.63) is 12.2 Å². The van der Waals surface area contributed by atoms with Gasteiger partial charge in [0.25, 0.3) is 0 Å². The lowest BCUT2D eigenvalue weighted by Gasteiger charge is -2.23. The van der Waals surface area contributed by atoms with Crippen LogP contribution in [0.5, 0.6) is 0 Å². The van der Waals surface area contributed by atoms with Gasteiger partial charge in [-0.2, -0.15) is 8.78 Å². The standard InChI is InChI=1S/C7H6F4/c8-5-1-2-6(9,4-3-5)7(5,10)11/h1-2H,3-4H2. The lowest BCUT2D eigenvalue weighted by atomic mass is 10.0. The van der Waals surface area contributed by atoms with Gasteiger partial charge in [-0.3, -0.25) is 0 Å². The maximum absolute atomic E-state index is 13.0. The summed E-state index contributed by atoms with van der Waals surface area (Å²) in [6.45, 7) is 0. The largest absolute Gasteiger partial charge is 0.321 e. The van der Waals surface area contributed by atoms with Gasteiger partial charge >= 0.3 is 5.92 Å². The third kappa shape index (κ3) is 0.532. The van der Waals surface area contributed by atoms with Crippen LogP contribution in [0.15, 0.2) is 12.2 Å². The molecule has 1 saturated carbocycles. The molecule has 1 fully saturated rings. The van der Waals surface area contributed by atoms with E-state index in [4.69, 9.17) is 0 Å². The Balaban J connectivity index is 2.53.